The van der Waals surface area contributed by atoms with E-state index in [1.165, 1.54) is 0 Å². The van der Waals surface area contributed by atoms with Gasteiger partial charge < -0.3 is 10.6 Å². The zero-order chi connectivity index (χ0) is 12.1. The number of thioether (sulfide) groups is 1. The molecular weight excluding hydrogens is 208 g/mol. The summed E-state index contributed by atoms with van der Waals surface area (Å²) in [4.78, 5) is 13.5. The molecule has 4 heteroatoms. The van der Waals surface area contributed by atoms with Crippen LogP contribution in [-0.4, -0.2) is 42.4 Å². The Kier molecular flexibility index (Phi) is 6.29. The van der Waals surface area contributed by atoms with E-state index in [1.807, 2.05) is 13.3 Å². The molecule has 0 radical (unpaired) electrons. The summed E-state index contributed by atoms with van der Waals surface area (Å²) in [6.07, 6.45) is 2.48. The second-order valence-corrected chi connectivity index (χ2v) is 5.97. The molecule has 0 aliphatic rings. The highest BCUT2D eigenvalue weighted by atomic mass is 32.2. The van der Waals surface area contributed by atoms with Gasteiger partial charge in [-0.25, -0.2) is 0 Å². The van der Waals surface area contributed by atoms with Crippen molar-refractivity contribution in [3.63, 3.8) is 0 Å². The smallest absolute Gasteiger partial charge is 0.223 e. The average Bonchev–Trinajstić information content (AvgIpc) is 2.12. The number of nitrogens with zero attached hydrogens (tertiary/aromatic N) is 1. The molecule has 0 fully saturated rings. The maximum atomic E-state index is 11.7. The fraction of sp³-hybridized carbons (Fsp3) is 0.909. The van der Waals surface area contributed by atoms with Crippen LogP contribution < -0.4 is 5.73 Å². The van der Waals surface area contributed by atoms with Gasteiger partial charge in [0.05, 0.1) is 0 Å². The van der Waals surface area contributed by atoms with Crippen LogP contribution in [0.2, 0.25) is 0 Å². The molecular formula is C11H24N2OS. The molecule has 0 bridgehead atoms. The SMILES string of the molecule is CSCCN(C)C(=O)CC(N)C(C)(C)C. The number of hydrogen-bond donors (Lipinski definition) is 1. The van der Waals surface area contributed by atoms with E-state index in [0.29, 0.717) is 6.42 Å². The summed E-state index contributed by atoms with van der Waals surface area (Å²) in [5.74, 6) is 1.12. The molecule has 0 rings (SSSR count). The molecule has 15 heavy (non-hydrogen) atoms. The van der Waals surface area contributed by atoms with Gasteiger partial charge in [-0.3, -0.25) is 4.79 Å². The number of carbonyl (C=O) groups is 1. The van der Waals surface area contributed by atoms with E-state index in [-0.39, 0.29) is 17.4 Å². The van der Waals surface area contributed by atoms with E-state index >= 15 is 0 Å². The lowest BCUT2D eigenvalue weighted by Crippen LogP contribution is -2.41. The lowest BCUT2D eigenvalue weighted by Gasteiger charge is -2.28. The monoisotopic (exact) mass is 232 g/mol. The first-order valence-electron chi connectivity index (χ1n) is 5.27. The normalized spacial score (nSPS) is 13.7. The molecule has 0 heterocycles. The van der Waals surface area contributed by atoms with Crippen molar-refractivity contribution in [2.75, 3.05) is 25.6 Å². The molecule has 0 aromatic carbocycles. The minimum atomic E-state index is -0.0678. The summed E-state index contributed by atoms with van der Waals surface area (Å²) >= 11 is 1.75. The first kappa shape index (κ1) is 14.8. The number of amides is 1. The summed E-state index contributed by atoms with van der Waals surface area (Å²) < 4.78 is 0. The topological polar surface area (TPSA) is 46.3 Å². The van der Waals surface area contributed by atoms with Crippen molar-refractivity contribution in [1.29, 1.82) is 0 Å². The zero-order valence-electron chi connectivity index (χ0n) is 10.5. The molecule has 1 unspecified atom stereocenters. The largest absolute Gasteiger partial charge is 0.345 e. The molecule has 90 valence electrons. The Morgan fingerprint density at radius 2 is 2.00 bits per heavy atom. The standard InChI is InChI=1S/C11H24N2OS/c1-11(2,3)9(12)8-10(14)13(4)6-7-15-5/h9H,6-8,12H2,1-5H3. The number of carbonyl (C=O) groups excluding carboxylic acids is 1. The van der Waals surface area contributed by atoms with Gasteiger partial charge in [0.1, 0.15) is 0 Å². The summed E-state index contributed by atoms with van der Waals surface area (Å²) in [7, 11) is 1.84. The Balaban J connectivity index is 4.02. The van der Waals surface area contributed by atoms with Crippen LogP contribution >= 0.6 is 11.8 Å². The lowest BCUT2D eigenvalue weighted by molar-refractivity contribution is -0.130. The molecule has 0 aliphatic heterocycles. The van der Waals surface area contributed by atoms with Gasteiger partial charge in [-0.15, -0.1) is 0 Å². The molecule has 0 saturated heterocycles. The Labute approximate surface area is 97.8 Å². The van der Waals surface area contributed by atoms with Crippen LogP contribution in [0, 0.1) is 5.41 Å². The van der Waals surface area contributed by atoms with E-state index in [2.05, 4.69) is 20.8 Å². The van der Waals surface area contributed by atoms with Crippen molar-refractivity contribution in [3.05, 3.63) is 0 Å². The average molecular weight is 232 g/mol. The maximum absolute atomic E-state index is 11.7. The molecule has 1 amide bonds. The fourth-order valence-electron chi connectivity index (χ4n) is 1.00. The maximum Gasteiger partial charge on any atom is 0.223 e. The Hall–Kier alpha value is -0.220. The van der Waals surface area contributed by atoms with Crippen LogP contribution in [0.3, 0.4) is 0 Å². The van der Waals surface area contributed by atoms with Crippen LogP contribution in [0.4, 0.5) is 0 Å². The molecule has 1 atom stereocenters. The summed E-state index contributed by atoms with van der Waals surface area (Å²) in [6, 6.07) is -0.0678. The van der Waals surface area contributed by atoms with Crippen molar-refractivity contribution in [1.82, 2.24) is 4.90 Å². The predicted octanol–water partition coefficient (Wildman–Crippen LogP) is 1.57. The van der Waals surface area contributed by atoms with Gasteiger partial charge >= 0.3 is 0 Å². The number of nitrogens with two attached hydrogens (primary N) is 1. The highest BCUT2D eigenvalue weighted by Gasteiger charge is 2.24. The van der Waals surface area contributed by atoms with Crippen molar-refractivity contribution in [3.8, 4) is 0 Å². The molecule has 0 saturated carbocycles. The third-order valence-corrected chi connectivity index (χ3v) is 3.15. The Bertz CT molecular complexity index is 201. The predicted molar refractivity (Wildman–Crippen MR) is 68.1 cm³/mol. The summed E-state index contributed by atoms with van der Waals surface area (Å²) in [5, 5.41) is 0. The van der Waals surface area contributed by atoms with Crippen molar-refractivity contribution >= 4 is 17.7 Å². The van der Waals surface area contributed by atoms with E-state index in [4.69, 9.17) is 5.73 Å². The van der Waals surface area contributed by atoms with E-state index < -0.39 is 0 Å². The van der Waals surface area contributed by atoms with Crippen LogP contribution in [0.1, 0.15) is 27.2 Å². The van der Waals surface area contributed by atoms with Crippen LogP contribution in [0.5, 0.6) is 0 Å². The second kappa shape index (κ2) is 6.38. The van der Waals surface area contributed by atoms with Gasteiger partial charge in [-0.05, 0) is 11.7 Å². The van der Waals surface area contributed by atoms with Crippen molar-refractivity contribution in [2.45, 2.75) is 33.2 Å². The van der Waals surface area contributed by atoms with E-state index in [1.54, 1.807) is 16.7 Å². The van der Waals surface area contributed by atoms with Crippen LogP contribution in [0.15, 0.2) is 0 Å². The van der Waals surface area contributed by atoms with E-state index in [9.17, 15) is 4.79 Å². The first-order chi connectivity index (χ1) is 6.79. The highest BCUT2D eigenvalue weighted by Crippen LogP contribution is 2.20. The number of hydrogen-bond acceptors (Lipinski definition) is 3. The molecule has 0 aliphatic carbocycles. The van der Waals surface area contributed by atoms with Crippen LogP contribution in [0.25, 0.3) is 0 Å². The summed E-state index contributed by atoms with van der Waals surface area (Å²) in [5.41, 5.74) is 5.96. The van der Waals surface area contributed by atoms with Gasteiger partial charge in [0.25, 0.3) is 0 Å². The van der Waals surface area contributed by atoms with Gasteiger partial charge in [-0.2, -0.15) is 11.8 Å². The molecule has 0 aromatic heterocycles. The van der Waals surface area contributed by atoms with E-state index in [0.717, 1.165) is 12.3 Å². The summed E-state index contributed by atoms with van der Waals surface area (Å²) in [6.45, 7) is 6.99. The molecule has 2 N–H and O–H groups in total. The zero-order valence-corrected chi connectivity index (χ0v) is 11.4. The molecule has 0 spiro atoms. The minimum Gasteiger partial charge on any atom is -0.345 e. The fourth-order valence-corrected chi connectivity index (χ4v) is 1.46. The van der Waals surface area contributed by atoms with Crippen molar-refractivity contribution < 1.29 is 4.79 Å². The lowest BCUT2D eigenvalue weighted by atomic mass is 9.85. The van der Waals surface area contributed by atoms with Gasteiger partial charge in [0.15, 0.2) is 0 Å². The quantitative estimate of drug-likeness (QED) is 0.782. The second-order valence-electron chi connectivity index (χ2n) is 4.98. The minimum absolute atomic E-state index is 0.00396. The van der Waals surface area contributed by atoms with Gasteiger partial charge in [0.2, 0.25) is 5.91 Å². The van der Waals surface area contributed by atoms with Gasteiger partial charge in [0, 0.05) is 31.8 Å². The van der Waals surface area contributed by atoms with Crippen molar-refractivity contribution in [2.24, 2.45) is 11.1 Å². The Morgan fingerprint density at radius 3 is 2.40 bits per heavy atom. The first-order valence-corrected chi connectivity index (χ1v) is 6.67. The molecule has 3 nitrogen and oxygen atoms in total. The number of rotatable bonds is 5. The van der Waals surface area contributed by atoms with Crippen LogP contribution in [-0.2, 0) is 4.79 Å². The third kappa shape index (κ3) is 6.05. The Morgan fingerprint density at radius 1 is 1.47 bits per heavy atom. The van der Waals surface area contributed by atoms with Gasteiger partial charge in [-0.1, -0.05) is 20.8 Å². The third-order valence-electron chi connectivity index (χ3n) is 2.56. The highest BCUT2D eigenvalue weighted by molar-refractivity contribution is 7.98. The molecule has 0 aromatic rings.